The third-order valence-corrected chi connectivity index (χ3v) is 5.28. The van der Waals surface area contributed by atoms with Crippen LogP contribution in [0.5, 0.6) is 0 Å². The SMILES string of the molecule is N#CC1(NC(=O)COC(=O)CCC(=O)c2ccc(-c3ccccc3)cc2)CCCC1. The summed E-state index contributed by atoms with van der Waals surface area (Å²) < 4.78 is 4.95. The van der Waals surface area contributed by atoms with Crippen molar-refractivity contribution in [3.8, 4) is 17.2 Å². The molecule has 154 valence electrons. The van der Waals surface area contributed by atoms with E-state index in [4.69, 9.17) is 4.74 Å². The van der Waals surface area contributed by atoms with E-state index in [2.05, 4.69) is 11.4 Å². The van der Waals surface area contributed by atoms with E-state index < -0.39 is 24.0 Å². The molecule has 0 saturated heterocycles. The highest BCUT2D eigenvalue weighted by atomic mass is 16.5. The molecule has 1 saturated carbocycles. The molecule has 0 bridgehead atoms. The Morgan fingerprint density at radius 2 is 1.57 bits per heavy atom. The van der Waals surface area contributed by atoms with Crippen molar-refractivity contribution in [1.29, 1.82) is 5.26 Å². The zero-order chi connectivity index (χ0) is 21.4. The first-order valence-corrected chi connectivity index (χ1v) is 10.1. The van der Waals surface area contributed by atoms with Crippen molar-refractivity contribution < 1.29 is 19.1 Å². The summed E-state index contributed by atoms with van der Waals surface area (Å²) in [5.74, 6) is -1.27. The van der Waals surface area contributed by atoms with Crippen molar-refractivity contribution in [2.75, 3.05) is 6.61 Å². The van der Waals surface area contributed by atoms with E-state index in [0.717, 1.165) is 24.0 Å². The van der Waals surface area contributed by atoms with Crippen LogP contribution in [0.3, 0.4) is 0 Å². The smallest absolute Gasteiger partial charge is 0.306 e. The largest absolute Gasteiger partial charge is 0.456 e. The van der Waals surface area contributed by atoms with Gasteiger partial charge in [0.25, 0.3) is 5.91 Å². The van der Waals surface area contributed by atoms with Crippen molar-refractivity contribution in [2.24, 2.45) is 0 Å². The number of rotatable bonds is 8. The summed E-state index contributed by atoms with van der Waals surface area (Å²) in [7, 11) is 0. The van der Waals surface area contributed by atoms with Crippen molar-refractivity contribution in [2.45, 2.75) is 44.1 Å². The van der Waals surface area contributed by atoms with Gasteiger partial charge in [0.2, 0.25) is 0 Å². The number of carbonyl (C=O) groups excluding carboxylic acids is 3. The number of nitrogens with one attached hydrogen (secondary N) is 1. The maximum absolute atomic E-state index is 12.3. The number of esters is 1. The fourth-order valence-electron chi connectivity index (χ4n) is 3.60. The first kappa shape index (κ1) is 21.3. The molecule has 1 amide bonds. The van der Waals surface area contributed by atoms with Crippen molar-refractivity contribution in [1.82, 2.24) is 5.32 Å². The fraction of sp³-hybridized carbons (Fsp3) is 0.333. The lowest BCUT2D eigenvalue weighted by Crippen LogP contribution is -2.46. The topological polar surface area (TPSA) is 96.3 Å². The van der Waals surface area contributed by atoms with Crippen LogP contribution in [0.4, 0.5) is 0 Å². The average Bonchev–Trinajstić information content (AvgIpc) is 3.25. The molecule has 1 aliphatic carbocycles. The number of hydrogen-bond acceptors (Lipinski definition) is 5. The zero-order valence-electron chi connectivity index (χ0n) is 16.7. The molecule has 6 nitrogen and oxygen atoms in total. The number of amides is 1. The number of nitrogens with zero attached hydrogens (tertiary/aromatic N) is 1. The Balaban J connectivity index is 1.42. The summed E-state index contributed by atoms with van der Waals surface area (Å²) in [6.07, 6.45) is 2.91. The standard InChI is InChI=1S/C24H24N2O4/c25-17-24(14-4-5-15-24)26-22(28)16-30-23(29)13-12-21(27)20-10-8-19(9-11-20)18-6-2-1-3-7-18/h1-3,6-11H,4-5,12-16H2,(H,26,28). The summed E-state index contributed by atoms with van der Waals surface area (Å²) in [5, 5.41) is 11.9. The number of carbonyl (C=O) groups is 3. The van der Waals surface area contributed by atoms with E-state index >= 15 is 0 Å². The molecule has 1 aliphatic rings. The van der Waals surface area contributed by atoms with Crippen LogP contribution >= 0.6 is 0 Å². The molecule has 2 aromatic carbocycles. The number of Topliss-reactive ketones (excluding diaryl/α,β-unsaturated/α-hetero) is 1. The minimum atomic E-state index is -0.842. The second-order valence-corrected chi connectivity index (χ2v) is 7.48. The molecule has 2 aromatic rings. The van der Waals surface area contributed by atoms with Crippen LogP contribution in [0.15, 0.2) is 54.6 Å². The normalized spacial score (nSPS) is 14.5. The van der Waals surface area contributed by atoms with E-state index in [1.807, 2.05) is 42.5 Å². The van der Waals surface area contributed by atoms with Crippen LogP contribution in [0.25, 0.3) is 11.1 Å². The molecule has 0 aliphatic heterocycles. The van der Waals surface area contributed by atoms with Gasteiger partial charge in [-0.15, -0.1) is 0 Å². The predicted molar refractivity (Wildman–Crippen MR) is 111 cm³/mol. The lowest BCUT2D eigenvalue weighted by molar-refractivity contribution is -0.148. The van der Waals surface area contributed by atoms with E-state index in [0.29, 0.717) is 18.4 Å². The molecule has 0 radical (unpaired) electrons. The third kappa shape index (κ3) is 5.54. The third-order valence-electron chi connectivity index (χ3n) is 5.28. The first-order valence-electron chi connectivity index (χ1n) is 10.1. The van der Waals surface area contributed by atoms with Crippen LogP contribution in [0, 0.1) is 11.3 Å². The van der Waals surface area contributed by atoms with Crippen LogP contribution in [-0.4, -0.2) is 29.8 Å². The first-order chi connectivity index (χ1) is 14.5. The molecule has 0 aromatic heterocycles. The number of benzene rings is 2. The maximum Gasteiger partial charge on any atom is 0.306 e. The van der Waals surface area contributed by atoms with Gasteiger partial charge in [-0.05, 0) is 36.8 Å². The molecule has 30 heavy (non-hydrogen) atoms. The van der Waals surface area contributed by atoms with Gasteiger partial charge in [-0.25, -0.2) is 0 Å². The van der Waals surface area contributed by atoms with Crippen LogP contribution in [-0.2, 0) is 14.3 Å². The molecular weight excluding hydrogens is 380 g/mol. The fourth-order valence-corrected chi connectivity index (χ4v) is 3.60. The van der Waals surface area contributed by atoms with Gasteiger partial charge in [0, 0.05) is 12.0 Å². The molecule has 0 heterocycles. The quantitative estimate of drug-likeness (QED) is 0.533. The molecular formula is C24H24N2O4. The Morgan fingerprint density at radius 1 is 0.933 bits per heavy atom. The Labute approximate surface area is 175 Å². The molecule has 3 rings (SSSR count). The lowest BCUT2D eigenvalue weighted by Gasteiger charge is -2.21. The predicted octanol–water partition coefficient (Wildman–Crippen LogP) is 3.81. The zero-order valence-corrected chi connectivity index (χ0v) is 16.7. The summed E-state index contributed by atoms with van der Waals surface area (Å²) >= 11 is 0. The second-order valence-electron chi connectivity index (χ2n) is 7.48. The number of nitriles is 1. The highest BCUT2D eigenvalue weighted by molar-refractivity contribution is 5.98. The van der Waals surface area contributed by atoms with Gasteiger partial charge in [0.05, 0.1) is 12.5 Å². The second kappa shape index (κ2) is 9.84. The number of ketones is 1. The van der Waals surface area contributed by atoms with Crippen molar-refractivity contribution in [3.05, 3.63) is 60.2 Å². The Hall–Kier alpha value is -3.46. The molecule has 0 unspecified atom stereocenters. The Morgan fingerprint density at radius 3 is 2.20 bits per heavy atom. The monoisotopic (exact) mass is 404 g/mol. The van der Waals surface area contributed by atoms with Gasteiger partial charge in [-0.2, -0.15) is 5.26 Å². The highest BCUT2D eigenvalue weighted by Gasteiger charge is 2.35. The summed E-state index contributed by atoms with van der Waals surface area (Å²) in [6, 6.07) is 19.2. The van der Waals surface area contributed by atoms with Gasteiger partial charge in [-0.3, -0.25) is 14.4 Å². The molecule has 1 N–H and O–H groups in total. The molecule has 0 atom stereocenters. The minimum Gasteiger partial charge on any atom is -0.456 e. The van der Waals surface area contributed by atoms with E-state index in [9.17, 15) is 19.6 Å². The molecule has 0 spiro atoms. The highest BCUT2D eigenvalue weighted by Crippen LogP contribution is 2.28. The summed E-state index contributed by atoms with van der Waals surface area (Å²) in [5.41, 5.74) is 1.76. The lowest BCUT2D eigenvalue weighted by atomic mass is 10.00. The van der Waals surface area contributed by atoms with E-state index in [1.165, 1.54) is 0 Å². The Kier molecular flexibility index (Phi) is 6.97. The van der Waals surface area contributed by atoms with Crippen LogP contribution in [0.2, 0.25) is 0 Å². The van der Waals surface area contributed by atoms with Crippen molar-refractivity contribution >= 4 is 17.7 Å². The van der Waals surface area contributed by atoms with Crippen LogP contribution in [0.1, 0.15) is 48.9 Å². The maximum atomic E-state index is 12.3. The molecule has 6 heteroatoms. The average molecular weight is 404 g/mol. The summed E-state index contributed by atoms with van der Waals surface area (Å²) in [4.78, 5) is 36.2. The van der Waals surface area contributed by atoms with Gasteiger partial charge < -0.3 is 10.1 Å². The van der Waals surface area contributed by atoms with Gasteiger partial charge in [0.1, 0.15) is 5.54 Å². The Bertz CT molecular complexity index is 939. The van der Waals surface area contributed by atoms with Crippen LogP contribution < -0.4 is 5.32 Å². The molecule has 1 fully saturated rings. The minimum absolute atomic E-state index is 0.00721. The van der Waals surface area contributed by atoms with Gasteiger partial charge >= 0.3 is 5.97 Å². The van der Waals surface area contributed by atoms with Gasteiger partial charge in [-0.1, -0.05) is 54.6 Å². The number of hydrogen-bond donors (Lipinski definition) is 1. The van der Waals surface area contributed by atoms with Crippen molar-refractivity contribution in [3.63, 3.8) is 0 Å². The van der Waals surface area contributed by atoms with E-state index in [-0.39, 0.29) is 18.6 Å². The van der Waals surface area contributed by atoms with Gasteiger partial charge in [0.15, 0.2) is 12.4 Å². The summed E-state index contributed by atoms with van der Waals surface area (Å²) in [6.45, 7) is -0.442. The number of ether oxygens (including phenoxy) is 1. The van der Waals surface area contributed by atoms with E-state index in [1.54, 1.807) is 12.1 Å².